The minimum absolute atomic E-state index is 0.106. The molecule has 5 aromatic carbocycles. The number of phenolic OH excluding ortho intramolecular Hbond substituents is 1. The van der Waals surface area contributed by atoms with Crippen molar-refractivity contribution in [2.45, 2.75) is 57.4 Å². The predicted octanol–water partition coefficient (Wildman–Crippen LogP) is 6.19. The van der Waals surface area contributed by atoms with E-state index in [1.54, 1.807) is 11.8 Å². The molecule has 0 aliphatic carbocycles. The number of nitrogens with zero attached hydrogens (tertiary/aromatic N) is 14. The van der Waals surface area contributed by atoms with Crippen molar-refractivity contribution >= 4 is 160 Å². The van der Waals surface area contributed by atoms with E-state index in [1.165, 1.54) is 44.2 Å². The zero-order valence-corrected chi connectivity index (χ0v) is 54.2. The maximum Gasteiger partial charge on any atom is 0.297 e. The number of amides is 1. The van der Waals surface area contributed by atoms with Gasteiger partial charge < -0.3 is 36.8 Å². The van der Waals surface area contributed by atoms with Crippen LogP contribution in [0.2, 0.25) is 5.28 Å². The average Bonchev–Trinajstić information content (AvgIpc) is 0.757. The number of aromatic hydroxyl groups is 2. The molecule has 38 nitrogen and oxygen atoms in total. The summed E-state index contributed by atoms with van der Waals surface area (Å²) in [5.74, 6) is -3.65. The first-order chi connectivity index (χ1) is 44.4. The molecule has 2 aliphatic rings. The molecule has 1 saturated heterocycles. The van der Waals surface area contributed by atoms with Gasteiger partial charge in [0.05, 0.1) is 33.3 Å². The summed E-state index contributed by atoms with van der Waals surface area (Å²) in [4.78, 5) is 45.0. The van der Waals surface area contributed by atoms with Crippen LogP contribution in [0.15, 0.2) is 143 Å². The van der Waals surface area contributed by atoms with E-state index in [0.29, 0.717) is 61.1 Å². The molecule has 2 aliphatic heterocycles. The summed E-state index contributed by atoms with van der Waals surface area (Å²) in [6.07, 6.45) is 0. The van der Waals surface area contributed by atoms with Crippen molar-refractivity contribution in [3.8, 4) is 11.6 Å². The molecule has 45 heteroatoms. The molecule has 0 bridgehead atoms. The highest BCUT2D eigenvalue weighted by molar-refractivity contribution is 7.87. The summed E-state index contributed by atoms with van der Waals surface area (Å²) in [6.45, 7) is 5.80. The number of nitrogens with two attached hydrogens (primary N) is 1. The zero-order chi connectivity index (χ0) is 69.4. The van der Waals surface area contributed by atoms with E-state index in [-0.39, 0.29) is 63.9 Å². The Morgan fingerprint density at radius 3 is 1.89 bits per heavy atom. The minimum atomic E-state index is -5.38. The van der Waals surface area contributed by atoms with E-state index < -0.39 is 150 Å². The summed E-state index contributed by atoms with van der Waals surface area (Å²) in [5.41, 5.74) is -0.0297. The summed E-state index contributed by atoms with van der Waals surface area (Å²) >= 11 is 12.7. The molecule has 1 unspecified atom stereocenters. The molecule has 9 rings (SSSR count). The van der Waals surface area contributed by atoms with E-state index in [4.69, 9.17) is 28.9 Å². The summed E-state index contributed by atoms with van der Waals surface area (Å²) in [7, 11) is -25.9. The molecule has 0 saturated carbocycles. The number of aryl methyl sites for hydroxylation is 1. The largest absolute Gasteiger partial charge is 0.505 e. The molecule has 7 aromatic rings. The molecule has 2 aromatic heterocycles. The molecule has 0 spiro atoms. The second-order valence-corrected chi connectivity index (χ2v) is 27.8. The third-order valence-corrected chi connectivity index (χ3v) is 18.7. The first-order valence-corrected chi connectivity index (χ1v) is 34.7. The van der Waals surface area contributed by atoms with Gasteiger partial charge in [0.2, 0.25) is 40.6 Å². The van der Waals surface area contributed by atoms with Crippen LogP contribution in [0.4, 0.5) is 57.4 Å². The third-order valence-electron chi connectivity index (χ3n) is 13.9. The number of hydrogen-bond acceptors (Lipinski definition) is 31. The Labute approximate surface area is 546 Å². The number of fused-ring (bicyclic) bond motifs is 1. The lowest BCUT2D eigenvalue weighted by atomic mass is 10.1. The quantitative estimate of drug-likeness (QED) is 0.0175. The number of nitrogens with one attached hydrogen (secondary N) is 4. The fourth-order valence-electron chi connectivity index (χ4n) is 9.42. The van der Waals surface area contributed by atoms with Gasteiger partial charge in [-0.25, -0.2) is 9.98 Å². The smallest absolute Gasteiger partial charge is 0.297 e. The van der Waals surface area contributed by atoms with Crippen LogP contribution in [0.5, 0.6) is 11.6 Å². The molecular weight excluding hydrogens is 1400 g/mol. The number of guanidine groups is 2. The highest BCUT2D eigenvalue weighted by atomic mass is 35.5. The van der Waals surface area contributed by atoms with Gasteiger partial charge in [-0.05, 0) is 111 Å². The number of anilines is 4. The molecule has 1 atom stereocenters. The Bertz CT molecular complexity index is 5160. The van der Waals surface area contributed by atoms with Gasteiger partial charge in [0.25, 0.3) is 62.1 Å². The Kier molecular flexibility index (Phi) is 20.0. The minimum Gasteiger partial charge on any atom is -0.505 e. The summed E-state index contributed by atoms with van der Waals surface area (Å²) in [5, 5.41) is 55.2. The first-order valence-electron chi connectivity index (χ1n) is 26.7. The fourth-order valence-corrected chi connectivity index (χ4v) is 13.1. The van der Waals surface area contributed by atoms with Crippen molar-refractivity contribution in [3.63, 3.8) is 0 Å². The van der Waals surface area contributed by atoms with E-state index in [0.717, 1.165) is 24.3 Å². The second kappa shape index (κ2) is 27.2. The molecular formula is C50H49Cl2N19O19S5. The lowest BCUT2D eigenvalue weighted by Crippen LogP contribution is -2.56. The Morgan fingerprint density at radius 1 is 0.663 bits per heavy atom. The number of hydrogen-bond donors (Lipinski definition) is 12. The number of rotatable bonds is 20. The normalized spacial score (nSPS) is 15.3. The molecule has 13 N–H and O–H groups in total. The second-order valence-electron chi connectivity index (χ2n) is 20.1. The van der Waals surface area contributed by atoms with E-state index in [9.17, 15) is 84.7 Å². The van der Waals surface area contributed by atoms with E-state index in [2.05, 4.69) is 76.9 Å². The van der Waals surface area contributed by atoms with Crippen molar-refractivity contribution in [3.05, 3.63) is 105 Å². The number of phenols is 1. The number of carbonyl (C=O) groups is 1. The standard InChI is InChI=1S/C50H49Cl2N19O19S5/c1-4-71-43(74)37(42(53)73)24(3)38(44(71)75)67-66-33-21-32(34(92(79,80)81)22-35(33)93(82,83)84)56-48-58-45(51)57-47(61-48)54-13-14-69-15-17-70(18-16-69)50-60-46(52)59-49(62-50)55-31-12-10-28-29(41(31)95(88,89)90)20-36(94(85,86)87)39(40(28)72)68-65-30-11-7-26(19-23(30)2)64-63-25-5-8-27(9-6-25)91(76,77)78/h5-12,19-22,46,72,74H,4,13-18H2,1-3H3,(H2,53,73)(H,76,77,78)(H,79,80,81)(H,82,83,84)(H,85,86,87)(H,88,89,90)(H2,55,59,60,62)(H2,54,56,57,58,61). The van der Waals surface area contributed by atoms with Gasteiger partial charge in [-0.2, -0.15) is 72.4 Å². The van der Waals surface area contributed by atoms with Gasteiger partial charge in [0, 0.05) is 62.1 Å². The number of pyridine rings is 1. The van der Waals surface area contributed by atoms with Gasteiger partial charge in [0.1, 0.15) is 36.5 Å². The average molecular weight is 1450 g/mol. The lowest BCUT2D eigenvalue weighted by molar-refractivity contribution is 0.0995. The van der Waals surface area contributed by atoms with Crippen LogP contribution in [-0.2, 0) is 57.1 Å². The van der Waals surface area contributed by atoms with Crippen LogP contribution in [0.25, 0.3) is 10.8 Å². The van der Waals surface area contributed by atoms with E-state index >= 15 is 0 Å². The molecule has 95 heavy (non-hydrogen) atoms. The van der Waals surface area contributed by atoms with Crippen LogP contribution in [-0.4, -0.2) is 167 Å². The number of piperazine rings is 1. The number of alkyl halides is 1. The molecule has 4 heterocycles. The summed E-state index contributed by atoms with van der Waals surface area (Å²) < 4.78 is 176. The number of halogens is 2. The predicted molar refractivity (Wildman–Crippen MR) is 338 cm³/mol. The molecule has 502 valence electrons. The fraction of sp³-hybridized carbons (Fsp3) is 0.220. The van der Waals surface area contributed by atoms with Crippen molar-refractivity contribution in [2.24, 2.45) is 46.4 Å². The topological polar surface area (TPSA) is 570 Å². The summed E-state index contributed by atoms with van der Waals surface area (Å²) in [6, 6.07) is 13.1. The first kappa shape index (κ1) is 69.9. The molecule has 1 amide bonds. The van der Waals surface area contributed by atoms with Gasteiger partial charge in [-0.3, -0.25) is 47.1 Å². The number of carbonyl (C=O) groups excluding carboxylic acids is 1. The van der Waals surface area contributed by atoms with Crippen molar-refractivity contribution in [1.82, 2.24) is 34.6 Å². The van der Waals surface area contributed by atoms with Gasteiger partial charge in [-0.15, -0.1) is 15.3 Å². The van der Waals surface area contributed by atoms with Crippen LogP contribution in [0, 0.1) is 13.8 Å². The van der Waals surface area contributed by atoms with Crippen molar-refractivity contribution in [2.75, 3.05) is 55.2 Å². The van der Waals surface area contributed by atoms with E-state index in [1.807, 2.05) is 4.90 Å². The van der Waals surface area contributed by atoms with Crippen molar-refractivity contribution < 1.29 is 79.9 Å². The lowest BCUT2D eigenvalue weighted by Gasteiger charge is -2.37. The number of aliphatic imine (C=N–C) groups is 2. The van der Waals surface area contributed by atoms with Gasteiger partial charge in [-0.1, -0.05) is 11.6 Å². The third kappa shape index (κ3) is 16.1. The number of benzene rings is 5. The monoisotopic (exact) mass is 1450 g/mol. The van der Waals surface area contributed by atoms with Gasteiger partial charge >= 0.3 is 0 Å². The zero-order valence-electron chi connectivity index (χ0n) is 48.6. The number of azo groups is 3. The maximum atomic E-state index is 13.2. The van der Waals surface area contributed by atoms with Crippen LogP contribution in [0.3, 0.4) is 0 Å². The Balaban J connectivity index is 0.863. The Morgan fingerprint density at radius 2 is 1.28 bits per heavy atom. The highest BCUT2D eigenvalue weighted by Gasteiger charge is 2.32. The van der Waals surface area contributed by atoms with Crippen LogP contribution in [0.1, 0.15) is 28.4 Å². The SMILES string of the molecule is CCn1c(O)c(C(N)=O)c(C)c(N=Nc2cc(Nc3nc(Cl)nc(NCCN4CCN(C5=NC(Cl)N=C(Nc6ccc7c(O)c(N=Nc8ccc(N=Nc9ccc(S(=O)(=O)O)cc9)cc8C)c(S(=O)(=O)O)cc7c6S(=O)(=O)O)N5)CC4)n3)c(S(=O)(=O)O)cc2S(=O)(=O)O)c1=O. The number of primary amides is 1. The maximum absolute atomic E-state index is 13.2. The van der Waals surface area contributed by atoms with Crippen molar-refractivity contribution in [1.29, 1.82) is 0 Å². The molecule has 1 fully saturated rings. The molecule has 0 radical (unpaired) electrons. The van der Waals surface area contributed by atoms with Crippen LogP contribution >= 0.6 is 23.2 Å². The van der Waals surface area contributed by atoms with Crippen LogP contribution < -0.4 is 32.6 Å². The van der Waals surface area contributed by atoms with Gasteiger partial charge in [0.15, 0.2) is 11.4 Å². The Hall–Kier alpha value is -9.38. The highest BCUT2D eigenvalue weighted by Crippen LogP contribution is 2.45. The number of aromatic nitrogens is 4.